The second kappa shape index (κ2) is 3.79. The minimum atomic E-state index is 0.429. The summed E-state index contributed by atoms with van der Waals surface area (Å²) < 4.78 is 0. The van der Waals surface area contributed by atoms with Crippen molar-refractivity contribution >= 4 is 11.3 Å². The zero-order valence-electron chi connectivity index (χ0n) is 8.36. The minimum absolute atomic E-state index is 0.429. The molecule has 15 heavy (non-hydrogen) atoms. The van der Waals surface area contributed by atoms with E-state index in [1.54, 1.807) is 11.3 Å². The van der Waals surface area contributed by atoms with Crippen molar-refractivity contribution in [3.8, 4) is 10.6 Å². The lowest BCUT2D eigenvalue weighted by Crippen LogP contribution is -2.14. The fourth-order valence-corrected chi connectivity index (χ4v) is 2.68. The Balaban J connectivity index is 1.87. The van der Waals surface area contributed by atoms with Crippen LogP contribution in [0.3, 0.4) is 0 Å². The molecule has 0 aliphatic carbocycles. The lowest BCUT2D eigenvalue weighted by atomic mass is 10.2. The maximum Gasteiger partial charge on any atom is 0.123 e. The second-order valence-electron chi connectivity index (χ2n) is 3.81. The molecule has 1 unspecified atom stereocenters. The summed E-state index contributed by atoms with van der Waals surface area (Å²) in [5, 5.41) is 5.53. The number of hydrogen-bond acceptors (Lipinski definition) is 3. The van der Waals surface area contributed by atoms with E-state index in [1.165, 1.54) is 17.7 Å². The van der Waals surface area contributed by atoms with Crippen LogP contribution in [0.15, 0.2) is 23.7 Å². The highest BCUT2D eigenvalue weighted by Crippen LogP contribution is 2.26. The summed E-state index contributed by atoms with van der Waals surface area (Å²) in [6, 6.07) is 4.61. The van der Waals surface area contributed by atoms with Crippen molar-refractivity contribution in [3.63, 3.8) is 0 Å². The molecule has 0 amide bonds. The van der Waals surface area contributed by atoms with Crippen LogP contribution in [0.4, 0.5) is 0 Å². The van der Waals surface area contributed by atoms with Crippen molar-refractivity contribution in [2.45, 2.75) is 18.9 Å². The maximum absolute atomic E-state index is 4.44. The molecule has 0 spiro atoms. The van der Waals surface area contributed by atoms with E-state index in [4.69, 9.17) is 0 Å². The Hall–Kier alpha value is -1.13. The molecule has 2 aromatic heterocycles. The third-order valence-electron chi connectivity index (χ3n) is 2.77. The molecule has 3 rings (SSSR count). The van der Waals surface area contributed by atoms with E-state index in [-0.39, 0.29) is 0 Å². The molecular formula is C11H13N3S. The molecule has 2 aromatic rings. The Labute approximate surface area is 92.6 Å². The molecule has 1 aliphatic rings. The third kappa shape index (κ3) is 1.70. The van der Waals surface area contributed by atoms with Gasteiger partial charge in [0.25, 0.3) is 0 Å². The van der Waals surface area contributed by atoms with Crippen LogP contribution in [0, 0.1) is 0 Å². The average Bonchev–Trinajstić information content (AvgIpc) is 3.02. The normalized spacial score (nSPS) is 20.9. The van der Waals surface area contributed by atoms with Crippen molar-refractivity contribution < 1.29 is 0 Å². The number of thiophene rings is 1. The van der Waals surface area contributed by atoms with E-state index in [1.807, 2.05) is 6.20 Å². The van der Waals surface area contributed by atoms with Gasteiger partial charge in [0.1, 0.15) is 5.82 Å². The quantitative estimate of drug-likeness (QED) is 0.815. The van der Waals surface area contributed by atoms with E-state index in [2.05, 4.69) is 32.8 Å². The predicted molar refractivity (Wildman–Crippen MR) is 61.9 cm³/mol. The van der Waals surface area contributed by atoms with Crippen LogP contribution in [-0.4, -0.2) is 16.5 Å². The van der Waals surface area contributed by atoms with Gasteiger partial charge in [0, 0.05) is 0 Å². The Morgan fingerprint density at radius 2 is 2.47 bits per heavy atom. The molecule has 0 saturated carbocycles. The van der Waals surface area contributed by atoms with Gasteiger partial charge in [-0.1, -0.05) is 6.07 Å². The van der Waals surface area contributed by atoms with Gasteiger partial charge < -0.3 is 10.3 Å². The summed E-state index contributed by atoms with van der Waals surface area (Å²) in [4.78, 5) is 9.09. The molecule has 0 bridgehead atoms. The molecule has 78 valence electrons. The number of aromatic nitrogens is 2. The highest BCUT2D eigenvalue weighted by molar-refractivity contribution is 7.13. The van der Waals surface area contributed by atoms with Crippen molar-refractivity contribution in [1.82, 2.24) is 15.3 Å². The number of aromatic amines is 1. The summed E-state index contributed by atoms with van der Waals surface area (Å²) in [5.41, 5.74) is 1.13. The van der Waals surface area contributed by atoms with E-state index in [0.717, 1.165) is 18.1 Å². The van der Waals surface area contributed by atoms with Gasteiger partial charge in [-0.2, -0.15) is 0 Å². The standard InChI is InChI=1S/C11H13N3S/c1-3-8(12-5-1)11-13-7-9(14-11)10-4-2-6-15-10/h2,4,6-8,12H,1,3,5H2,(H,13,14). The van der Waals surface area contributed by atoms with E-state index in [0.29, 0.717) is 6.04 Å². The van der Waals surface area contributed by atoms with Crippen LogP contribution in [-0.2, 0) is 0 Å². The van der Waals surface area contributed by atoms with Gasteiger partial charge in [0.15, 0.2) is 0 Å². The lowest BCUT2D eigenvalue weighted by Gasteiger charge is -2.04. The average molecular weight is 219 g/mol. The molecule has 1 atom stereocenters. The van der Waals surface area contributed by atoms with Gasteiger partial charge in [-0.05, 0) is 30.8 Å². The molecule has 2 N–H and O–H groups in total. The number of nitrogens with zero attached hydrogens (tertiary/aromatic N) is 1. The molecule has 0 radical (unpaired) electrons. The van der Waals surface area contributed by atoms with E-state index >= 15 is 0 Å². The summed E-state index contributed by atoms with van der Waals surface area (Å²) in [6.45, 7) is 1.11. The topological polar surface area (TPSA) is 40.7 Å². The fraction of sp³-hybridized carbons (Fsp3) is 0.364. The molecule has 1 saturated heterocycles. The molecule has 3 heterocycles. The van der Waals surface area contributed by atoms with Crippen LogP contribution < -0.4 is 5.32 Å². The van der Waals surface area contributed by atoms with Gasteiger partial charge in [0.2, 0.25) is 0 Å². The first-order valence-corrected chi connectivity index (χ1v) is 6.13. The molecule has 3 nitrogen and oxygen atoms in total. The third-order valence-corrected chi connectivity index (χ3v) is 3.68. The SMILES string of the molecule is c1csc(-c2cnc(C3CCCN3)[nH]2)c1. The van der Waals surface area contributed by atoms with Gasteiger partial charge in [0.05, 0.1) is 22.8 Å². The lowest BCUT2D eigenvalue weighted by molar-refractivity contribution is 0.613. The zero-order valence-corrected chi connectivity index (χ0v) is 9.18. The first-order valence-electron chi connectivity index (χ1n) is 5.25. The predicted octanol–water partition coefficient (Wildman–Crippen LogP) is 2.56. The highest BCUT2D eigenvalue weighted by atomic mass is 32.1. The number of rotatable bonds is 2. The van der Waals surface area contributed by atoms with Crippen molar-refractivity contribution in [3.05, 3.63) is 29.5 Å². The Morgan fingerprint density at radius 3 is 3.20 bits per heavy atom. The minimum Gasteiger partial charge on any atom is -0.340 e. The Morgan fingerprint density at radius 1 is 1.47 bits per heavy atom. The zero-order chi connectivity index (χ0) is 10.1. The summed E-state index contributed by atoms with van der Waals surface area (Å²) in [7, 11) is 0. The Bertz CT molecular complexity index is 426. The maximum atomic E-state index is 4.44. The van der Waals surface area contributed by atoms with Crippen molar-refractivity contribution in [2.24, 2.45) is 0 Å². The van der Waals surface area contributed by atoms with Crippen LogP contribution in [0.2, 0.25) is 0 Å². The number of hydrogen-bond donors (Lipinski definition) is 2. The van der Waals surface area contributed by atoms with Gasteiger partial charge in [-0.25, -0.2) is 4.98 Å². The van der Waals surface area contributed by atoms with Gasteiger partial charge in [-0.15, -0.1) is 11.3 Å². The first kappa shape index (κ1) is 9.12. The van der Waals surface area contributed by atoms with Gasteiger partial charge in [-0.3, -0.25) is 0 Å². The summed E-state index contributed by atoms with van der Waals surface area (Å²) in [6.07, 6.45) is 4.37. The monoisotopic (exact) mass is 219 g/mol. The number of H-pyrrole nitrogens is 1. The fourth-order valence-electron chi connectivity index (χ4n) is 1.99. The largest absolute Gasteiger partial charge is 0.340 e. The van der Waals surface area contributed by atoms with Crippen molar-refractivity contribution in [1.29, 1.82) is 0 Å². The van der Waals surface area contributed by atoms with Crippen molar-refractivity contribution in [2.75, 3.05) is 6.54 Å². The first-order chi connectivity index (χ1) is 7.43. The van der Waals surface area contributed by atoms with Crippen LogP contribution in [0.1, 0.15) is 24.7 Å². The van der Waals surface area contributed by atoms with E-state index in [9.17, 15) is 0 Å². The molecular weight excluding hydrogens is 206 g/mol. The highest BCUT2D eigenvalue weighted by Gasteiger charge is 2.19. The summed E-state index contributed by atoms with van der Waals surface area (Å²) >= 11 is 1.74. The number of nitrogens with one attached hydrogen (secondary N) is 2. The van der Waals surface area contributed by atoms with Crippen LogP contribution in [0.5, 0.6) is 0 Å². The van der Waals surface area contributed by atoms with Gasteiger partial charge >= 0.3 is 0 Å². The van der Waals surface area contributed by atoms with E-state index < -0.39 is 0 Å². The number of imidazole rings is 1. The molecule has 0 aromatic carbocycles. The smallest absolute Gasteiger partial charge is 0.123 e. The second-order valence-corrected chi connectivity index (χ2v) is 4.76. The molecule has 4 heteroatoms. The van der Waals surface area contributed by atoms with Crippen LogP contribution in [0.25, 0.3) is 10.6 Å². The Kier molecular flexibility index (Phi) is 2.31. The molecule has 1 fully saturated rings. The summed E-state index contributed by atoms with van der Waals surface area (Å²) in [5.74, 6) is 1.08. The van der Waals surface area contributed by atoms with Crippen LogP contribution >= 0.6 is 11.3 Å². The molecule has 1 aliphatic heterocycles.